The molecule has 0 unspecified atom stereocenters. The van der Waals surface area contributed by atoms with Gasteiger partial charge < -0.3 is 4.74 Å². The van der Waals surface area contributed by atoms with E-state index in [2.05, 4.69) is 261 Å². The second-order valence-electron chi connectivity index (χ2n) is 20.2. The van der Waals surface area contributed by atoms with E-state index in [0.717, 1.165) is 61.8 Å². The lowest BCUT2D eigenvalue weighted by Gasteiger charge is -2.51. The molecule has 3 heteroatoms. The Bertz CT molecular complexity index is 4390. The van der Waals surface area contributed by atoms with Crippen molar-refractivity contribution in [2.75, 3.05) is 0 Å². The minimum absolute atomic E-state index is 0.508. The topological polar surface area (TPSA) is 35.0 Å². The first-order valence-corrected chi connectivity index (χ1v) is 25.9. The van der Waals surface area contributed by atoms with E-state index in [0.29, 0.717) is 5.82 Å². The van der Waals surface area contributed by atoms with Gasteiger partial charge in [0.15, 0.2) is 5.82 Å². The predicted molar refractivity (Wildman–Crippen MR) is 306 cm³/mol. The van der Waals surface area contributed by atoms with Crippen LogP contribution in [0.5, 0.6) is 11.5 Å². The number of para-hydroxylation sites is 1. The molecule has 13 aromatic rings. The van der Waals surface area contributed by atoms with Crippen molar-refractivity contribution in [3.05, 3.63) is 311 Å². The van der Waals surface area contributed by atoms with Gasteiger partial charge in [0.2, 0.25) is 0 Å². The Balaban J connectivity index is 0.832. The highest BCUT2D eigenvalue weighted by atomic mass is 16.5. The maximum absolute atomic E-state index is 7.08. The summed E-state index contributed by atoms with van der Waals surface area (Å²) in [7, 11) is 0. The maximum atomic E-state index is 7.08. The molecular weight excluding hydrogens is 909 g/mol. The first-order valence-electron chi connectivity index (χ1n) is 25.9. The van der Waals surface area contributed by atoms with E-state index >= 15 is 0 Å². The van der Waals surface area contributed by atoms with Gasteiger partial charge in [-0.15, -0.1) is 0 Å². The molecule has 1 aliphatic heterocycles. The fourth-order valence-electron chi connectivity index (χ4n) is 13.5. The van der Waals surface area contributed by atoms with Crippen LogP contribution in [0.15, 0.2) is 267 Å². The lowest BCUT2D eigenvalue weighted by atomic mass is 9.51. The number of fused-ring (bicyclic) bond motifs is 21. The third kappa shape index (κ3) is 5.81. The Morgan fingerprint density at radius 1 is 0.240 bits per heavy atom. The molecule has 0 N–H and O–H groups in total. The van der Waals surface area contributed by atoms with E-state index in [4.69, 9.17) is 14.7 Å². The van der Waals surface area contributed by atoms with Gasteiger partial charge in [0.1, 0.15) is 11.5 Å². The third-order valence-corrected chi connectivity index (χ3v) is 16.6. The van der Waals surface area contributed by atoms with Crippen molar-refractivity contribution in [1.82, 2.24) is 9.97 Å². The molecule has 0 atom stereocenters. The number of hydrogen-bond donors (Lipinski definition) is 0. The second kappa shape index (κ2) is 15.9. The van der Waals surface area contributed by atoms with Crippen molar-refractivity contribution < 1.29 is 4.74 Å². The number of ether oxygens (including phenoxy) is 1. The molecule has 0 fully saturated rings. The molecule has 2 heterocycles. The van der Waals surface area contributed by atoms with Crippen molar-refractivity contribution in [1.29, 1.82) is 0 Å². The molecule has 3 nitrogen and oxygen atoms in total. The molecule has 0 radical (unpaired) electrons. The molecule has 348 valence electrons. The molecule has 2 aliphatic carbocycles. The Kier molecular flexibility index (Phi) is 8.88. The van der Waals surface area contributed by atoms with Crippen molar-refractivity contribution in [2.45, 2.75) is 10.8 Å². The molecule has 16 rings (SSSR count). The van der Waals surface area contributed by atoms with Crippen LogP contribution in [0.4, 0.5) is 0 Å². The van der Waals surface area contributed by atoms with Gasteiger partial charge in [-0.1, -0.05) is 243 Å². The van der Waals surface area contributed by atoms with Crippen molar-refractivity contribution in [3.63, 3.8) is 0 Å². The summed E-state index contributed by atoms with van der Waals surface area (Å²) in [5.41, 5.74) is 18.4. The SMILES string of the molecule is c1ccc(-c2cc(-c3ccc4c5ccccc5c5ccccc5c4c3)nc(-c3ccc(-c4ccc5c(c4)Oc4ccccc4C54c5ccccc5C5(c6ccccc6-c6ccccc65)c5ccccc54)cc3)n2)cc1. The Morgan fingerprint density at radius 2 is 0.653 bits per heavy atom. The second-order valence-corrected chi connectivity index (χ2v) is 20.2. The maximum Gasteiger partial charge on any atom is 0.160 e. The quantitative estimate of drug-likeness (QED) is 0.165. The monoisotopic (exact) mass is 952 g/mol. The molecular formula is C72H44N2O. The summed E-state index contributed by atoms with van der Waals surface area (Å²) in [6.07, 6.45) is 0. The van der Waals surface area contributed by atoms with Gasteiger partial charge in [-0.25, -0.2) is 9.97 Å². The van der Waals surface area contributed by atoms with E-state index in [9.17, 15) is 0 Å². The van der Waals surface area contributed by atoms with Crippen molar-refractivity contribution >= 4 is 32.3 Å². The predicted octanol–water partition coefficient (Wildman–Crippen LogP) is 17.8. The van der Waals surface area contributed by atoms with Crippen LogP contribution in [-0.2, 0) is 10.8 Å². The van der Waals surface area contributed by atoms with E-state index < -0.39 is 10.8 Å². The highest BCUT2D eigenvalue weighted by Crippen LogP contribution is 2.67. The average molecular weight is 953 g/mol. The molecule has 1 aromatic heterocycles. The molecule has 0 bridgehead atoms. The van der Waals surface area contributed by atoms with Crippen LogP contribution >= 0.6 is 0 Å². The molecule has 12 aromatic carbocycles. The van der Waals surface area contributed by atoms with E-state index in [1.807, 2.05) is 6.07 Å². The standard InChI is InChI=1S/C72H44N2O/c1-2-18-46(19-3-1)66-44-67(49-38-40-54-52-22-5-4-20-50(52)51-21-6-7-23-53(51)57(54)42-49)74-70(73-66)47-36-34-45(35-37-47)48-39-41-65-69(43-48)75-68-33-17-16-32-64(68)72(65)62-30-14-12-28-60(62)71(61-29-13-15-31-63(61)72)58-26-10-8-24-55(58)56-25-9-11-27-59(56)71/h1-44H. The van der Waals surface area contributed by atoms with Gasteiger partial charge >= 0.3 is 0 Å². The van der Waals surface area contributed by atoms with Crippen molar-refractivity contribution in [3.8, 4) is 67.7 Å². The summed E-state index contributed by atoms with van der Waals surface area (Å²) in [6, 6.07) is 97.4. The Morgan fingerprint density at radius 3 is 1.25 bits per heavy atom. The van der Waals surface area contributed by atoms with Crippen molar-refractivity contribution in [2.24, 2.45) is 0 Å². The van der Waals surface area contributed by atoms with Crippen LogP contribution in [0.3, 0.4) is 0 Å². The van der Waals surface area contributed by atoms with Crippen LogP contribution in [0.25, 0.3) is 88.5 Å². The number of aromatic nitrogens is 2. The summed E-state index contributed by atoms with van der Waals surface area (Å²) in [4.78, 5) is 10.6. The first-order chi connectivity index (χ1) is 37.2. The summed E-state index contributed by atoms with van der Waals surface area (Å²) >= 11 is 0. The largest absolute Gasteiger partial charge is 0.457 e. The fraction of sp³-hybridized carbons (Fsp3) is 0.0278. The molecule has 0 saturated heterocycles. The minimum Gasteiger partial charge on any atom is -0.457 e. The highest BCUT2D eigenvalue weighted by molar-refractivity contribution is 6.25. The third-order valence-electron chi connectivity index (χ3n) is 16.6. The zero-order chi connectivity index (χ0) is 49.2. The lowest BCUT2D eigenvalue weighted by Crippen LogP contribution is -2.45. The normalized spacial score (nSPS) is 13.9. The number of benzene rings is 12. The summed E-state index contributed by atoms with van der Waals surface area (Å²) in [5, 5.41) is 7.44. The van der Waals surface area contributed by atoms with Gasteiger partial charge in [-0.3, -0.25) is 0 Å². The average Bonchev–Trinajstić information content (AvgIpc) is 3.79. The van der Waals surface area contributed by atoms with Gasteiger partial charge in [-0.05, 0) is 112 Å². The van der Waals surface area contributed by atoms with Gasteiger partial charge in [0, 0.05) is 27.8 Å². The van der Waals surface area contributed by atoms with Gasteiger partial charge in [0.05, 0.1) is 22.2 Å². The van der Waals surface area contributed by atoms with Gasteiger partial charge in [0.25, 0.3) is 0 Å². The number of rotatable bonds is 4. The van der Waals surface area contributed by atoms with Gasteiger partial charge in [-0.2, -0.15) is 0 Å². The summed E-state index contributed by atoms with van der Waals surface area (Å²) in [5.74, 6) is 2.39. The Hall–Kier alpha value is -9.70. The zero-order valence-corrected chi connectivity index (χ0v) is 40.7. The molecule has 3 aliphatic rings. The van der Waals surface area contributed by atoms with Crippen LogP contribution in [0.2, 0.25) is 0 Å². The lowest BCUT2D eigenvalue weighted by molar-refractivity contribution is 0.429. The van der Waals surface area contributed by atoms with Crippen LogP contribution < -0.4 is 4.74 Å². The molecule has 2 spiro atoms. The highest BCUT2D eigenvalue weighted by Gasteiger charge is 2.58. The van der Waals surface area contributed by atoms with Crippen LogP contribution in [0, 0.1) is 0 Å². The molecule has 75 heavy (non-hydrogen) atoms. The summed E-state index contributed by atoms with van der Waals surface area (Å²) in [6.45, 7) is 0. The molecule has 0 amide bonds. The van der Waals surface area contributed by atoms with Crippen LogP contribution in [0.1, 0.15) is 44.5 Å². The Labute approximate surface area is 434 Å². The van der Waals surface area contributed by atoms with E-state index in [1.165, 1.54) is 76.8 Å². The van der Waals surface area contributed by atoms with E-state index in [-0.39, 0.29) is 0 Å². The summed E-state index contributed by atoms with van der Waals surface area (Å²) < 4.78 is 7.08. The molecule has 0 saturated carbocycles. The smallest absolute Gasteiger partial charge is 0.160 e. The minimum atomic E-state index is -0.664. The zero-order valence-electron chi connectivity index (χ0n) is 40.7. The first kappa shape index (κ1) is 41.9. The van der Waals surface area contributed by atoms with E-state index in [1.54, 1.807) is 0 Å². The fourth-order valence-corrected chi connectivity index (χ4v) is 13.5. The number of hydrogen-bond acceptors (Lipinski definition) is 3. The number of nitrogens with zero attached hydrogens (tertiary/aromatic N) is 2. The van der Waals surface area contributed by atoms with Crippen LogP contribution in [-0.4, -0.2) is 9.97 Å².